The quantitative estimate of drug-likeness (QED) is 0.444. The maximum absolute atomic E-state index is 5.29. The zero-order valence-electron chi connectivity index (χ0n) is 16.8. The summed E-state index contributed by atoms with van der Waals surface area (Å²) in [5.74, 6) is 1.44. The van der Waals surface area contributed by atoms with Gasteiger partial charge in [-0.05, 0) is 67.9 Å². The van der Waals surface area contributed by atoms with Crippen molar-refractivity contribution >= 4 is 48.2 Å². The third-order valence-electron chi connectivity index (χ3n) is 4.68. The SMILES string of the molecule is COc1cccc(Sc2ccnc(Nc3cccc(CN4CCCC4)c3)n2)c1.Cl.Cl. The standard InChI is InChI=1S/C22H24N4OS.2ClH/c1-27-19-8-5-9-20(15-19)28-21-10-11-23-22(25-21)24-18-7-4-6-17(14-18)16-26-12-2-3-13-26;;/h4-11,14-15H,2-3,12-13,16H2,1H3,(H,23,24,25);2*1H. The molecule has 1 saturated heterocycles. The van der Waals surface area contributed by atoms with Crippen LogP contribution in [0.5, 0.6) is 5.75 Å². The van der Waals surface area contributed by atoms with Crippen molar-refractivity contribution in [1.82, 2.24) is 14.9 Å². The van der Waals surface area contributed by atoms with E-state index in [1.54, 1.807) is 25.1 Å². The molecule has 1 aromatic heterocycles. The molecule has 30 heavy (non-hydrogen) atoms. The molecule has 0 saturated carbocycles. The molecule has 8 heteroatoms. The van der Waals surface area contributed by atoms with Crippen LogP contribution in [0, 0.1) is 0 Å². The lowest BCUT2D eigenvalue weighted by molar-refractivity contribution is 0.331. The van der Waals surface area contributed by atoms with Crippen LogP contribution in [0.4, 0.5) is 11.6 Å². The third kappa shape index (κ3) is 6.77. The van der Waals surface area contributed by atoms with Crippen LogP contribution < -0.4 is 10.1 Å². The number of likely N-dealkylation sites (tertiary alicyclic amines) is 1. The highest BCUT2D eigenvalue weighted by Crippen LogP contribution is 2.29. The van der Waals surface area contributed by atoms with Crippen molar-refractivity contribution in [3.63, 3.8) is 0 Å². The number of hydrogen-bond acceptors (Lipinski definition) is 6. The van der Waals surface area contributed by atoms with Crippen LogP contribution in [0.3, 0.4) is 0 Å². The molecule has 2 heterocycles. The summed E-state index contributed by atoms with van der Waals surface area (Å²) in [6, 6.07) is 18.4. The largest absolute Gasteiger partial charge is 0.497 e. The van der Waals surface area contributed by atoms with E-state index in [1.807, 2.05) is 30.3 Å². The molecule has 160 valence electrons. The summed E-state index contributed by atoms with van der Waals surface area (Å²) in [5, 5.41) is 4.23. The Morgan fingerprint density at radius 1 is 1.03 bits per heavy atom. The van der Waals surface area contributed by atoms with Crippen molar-refractivity contribution in [2.75, 3.05) is 25.5 Å². The first-order valence-electron chi connectivity index (χ1n) is 9.52. The van der Waals surface area contributed by atoms with Crippen molar-refractivity contribution in [1.29, 1.82) is 0 Å². The minimum atomic E-state index is 0. The van der Waals surface area contributed by atoms with E-state index in [0.29, 0.717) is 5.95 Å². The predicted octanol–water partition coefficient (Wildman–Crippen LogP) is 5.82. The number of halogens is 2. The fraction of sp³-hybridized carbons (Fsp3) is 0.273. The normalized spacial score (nSPS) is 13.2. The minimum absolute atomic E-state index is 0. The average Bonchev–Trinajstić information content (AvgIpc) is 3.22. The van der Waals surface area contributed by atoms with E-state index < -0.39 is 0 Å². The summed E-state index contributed by atoms with van der Waals surface area (Å²) in [6.07, 6.45) is 4.40. The van der Waals surface area contributed by atoms with Crippen LogP contribution in [0.25, 0.3) is 0 Å². The van der Waals surface area contributed by atoms with E-state index in [1.165, 1.54) is 31.5 Å². The van der Waals surface area contributed by atoms with Crippen molar-refractivity contribution in [3.8, 4) is 5.75 Å². The number of anilines is 2. The van der Waals surface area contributed by atoms with E-state index in [9.17, 15) is 0 Å². The number of benzene rings is 2. The summed E-state index contributed by atoms with van der Waals surface area (Å²) in [6.45, 7) is 3.40. The summed E-state index contributed by atoms with van der Waals surface area (Å²) >= 11 is 1.59. The van der Waals surface area contributed by atoms with Gasteiger partial charge in [0.2, 0.25) is 5.95 Å². The number of aromatic nitrogens is 2. The summed E-state index contributed by atoms with van der Waals surface area (Å²) in [7, 11) is 1.67. The fourth-order valence-corrected chi connectivity index (χ4v) is 4.14. The van der Waals surface area contributed by atoms with E-state index in [2.05, 4.69) is 44.5 Å². The molecule has 0 spiro atoms. The van der Waals surface area contributed by atoms with Gasteiger partial charge in [0.05, 0.1) is 7.11 Å². The number of ether oxygens (including phenoxy) is 1. The van der Waals surface area contributed by atoms with Gasteiger partial charge in [0.25, 0.3) is 0 Å². The molecule has 4 rings (SSSR count). The van der Waals surface area contributed by atoms with E-state index >= 15 is 0 Å². The maximum atomic E-state index is 5.29. The van der Waals surface area contributed by atoms with Crippen LogP contribution in [-0.2, 0) is 6.54 Å². The fourth-order valence-electron chi connectivity index (χ4n) is 3.32. The molecular weight excluding hydrogens is 439 g/mol. The summed E-state index contributed by atoms with van der Waals surface area (Å²) in [5.41, 5.74) is 2.33. The number of rotatable bonds is 7. The van der Waals surface area contributed by atoms with Crippen LogP contribution in [0.1, 0.15) is 18.4 Å². The Labute approximate surface area is 194 Å². The summed E-state index contributed by atoms with van der Waals surface area (Å²) < 4.78 is 5.29. The molecule has 0 bridgehead atoms. The van der Waals surface area contributed by atoms with Gasteiger partial charge in [-0.15, -0.1) is 24.8 Å². The van der Waals surface area contributed by atoms with Gasteiger partial charge in [-0.2, -0.15) is 0 Å². The molecule has 3 aromatic rings. The topological polar surface area (TPSA) is 50.3 Å². The highest BCUT2D eigenvalue weighted by Gasteiger charge is 2.12. The van der Waals surface area contributed by atoms with Crippen LogP contribution in [0.15, 0.2) is 70.7 Å². The van der Waals surface area contributed by atoms with Gasteiger partial charge < -0.3 is 10.1 Å². The number of methoxy groups -OCH3 is 1. The highest BCUT2D eigenvalue weighted by molar-refractivity contribution is 7.99. The molecule has 5 nitrogen and oxygen atoms in total. The van der Waals surface area contributed by atoms with E-state index in [-0.39, 0.29) is 24.8 Å². The Morgan fingerprint density at radius 3 is 2.63 bits per heavy atom. The third-order valence-corrected chi connectivity index (χ3v) is 5.61. The lowest BCUT2D eigenvalue weighted by Crippen LogP contribution is -2.18. The second-order valence-corrected chi connectivity index (χ2v) is 7.90. The Kier molecular flexibility index (Phi) is 9.72. The molecule has 0 unspecified atom stereocenters. The predicted molar refractivity (Wildman–Crippen MR) is 128 cm³/mol. The molecule has 0 amide bonds. The molecule has 0 atom stereocenters. The summed E-state index contributed by atoms with van der Waals surface area (Å²) in [4.78, 5) is 12.6. The zero-order valence-corrected chi connectivity index (χ0v) is 19.2. The molecular formula is C22H26Cl2N4OS. The molecule has 1 fully saturated rings. The first-order chi connectivity index (χ1) is 13.8. The second kappa shape index (κ2) is 12.0. The lowest BCUT2D eigenvalue weighted by Gasteiger charge is -2.15. The molecule has 1 N–H and O–H groups in total. The van der Waals surface area contributed by atoms with Gasteiger partial charge in [0.15, 0.2) is 0 Å². The minimum Gasteiger partial charge on any atom is -0.497 e. The Bertz CT molecular complexity index is 938. The zero-order chi connectivity index (χ0) is 19.2. The maximum Gasteiger partial charge on any atom is 0.228 e. The highest BCUT2D eigenvalue weighted by atomic mass is 35.5. The lowest BCUT2D eigenvalue weighted by atomic mass is 10.2. The van der Waals surface area contributed by atoms with Gasteiger partial charge in [-0.25, -0.2) is 9.97 Å². The molecule has 0 radical (unpaired) electrons. The van der Waals surface area contributed by atoms with Crippen molar-refractivity contribution in [2.24, 2.45) is 0 Å². The van der Waals surface area contributed by atoms with Gasteiger partial charge in [-0.1, -0.05) is 30.0 Å². The first kappa shape index (κ1) is 24.3. The molecule has 1 aliphatic heterocycles. The molecule has 2 aromatic carbocycles. The Balaban J connectivity index is 0.00000160. The van der Waals surface area contributed by atoms with Gasteiger partial charge in [0, 0.05) is 23.3 Å². The number of hydrogen-bond donors (Lipinski definition) is 1. The van der Waals surface area contributed by atoms with Crippen LogP contribution in [-0.4, -0.2) is 35.1 Å². The van der Waals surface area contributed by atoms with Crippen molar-refractivity contribution in [2.45, 2.75) is 29.3 Å². The van der Waals surface area contributed by atoms with Crippen molar-refractivity contribution in [3.05, 3.63) is 66.4 Å². The average molecular weight is 465 g/mol. The number of nitrogens with one attached hydrogen (secondary N) is 1. The second-order valence-electron chi connectivity index (χ2n) is 6.81. The van der Waals surface area contributed by atoms with Gasteiger partial charge in [0.1, 0.15) is 10.8 Å². The first-order valence-corrected chi connectivity index (χ1v) is 10.3. The van der Waals surface area contributed by atoms with Crippen LogP contribution >= 0.6 is 36.6 Å². The Hall–Kier alpha value is -1.99. The van der Waals surface area contributed by atoms with E-state index in [4.69, 9.17) is 4.74 Å². The van der Waals surface area contributed by atoms with Crippen molar-refractivity contribution < 1.29 is 4.74 Å². The van der Waals surface area contributed by atoms with E-state index in [0.717, 1.165) is 27.9 Å². The van der Waals surface area contributed by atoms with Crippen LogP contribution in [0.2, 0.25) is 0 Å². The smallest absolute Gasteiger partial charge is 0.228 e. The monoisotopic (exact) mass is 464 g/mol. The Morgan fingerprint density at radius 2 is 1.83 bits per heavy atom. The van der Waals surface area contributed by atoms with Gasteiger partial charge in [-0.3, -0.25) is 4.90 Å². The molecule has 0 aliphatic carbocycles. The number of nitrogens with zero attached hydrogens (tertiary/aromatic N) is 3. The van der Waals surface area contributed by atoms with Gasteiger partial charge >= 0.3 is 0 Å². The molecule has 1 aliphatic rings.